The van der Waals surface area contributed by atoms with Crippen LogP contribution in [-0.4, -0.2) is 35.8 Å². The van der Waals surface area contributed by atoms with E-state index in [1.165, 1.54) is 11.3 Å². The molecule has 3 aromatic carbocycles. The van der Waals surface area contributed by atoms with Crippen molar-refractivity contribution in [2.45, 2.75) is 18.8 Å². The summed E-state index contributed by atoms with van der Waals surface area (Å²) in [7, 11) is -3.54. The van der Waals surface area contributed by atoms with Crippen LogP contribution in [0.3, 0.4) is 0 Å². The van der Waals surface area contributed by atoms with E-state index in [9.17, 15) is 26.4 Å². The van der Waals surface area contributed by atoms with Crippen molar-refractivity contribution in [3.05, 3.63) is 101 Å². The minimum atomic E-state index is -4.54. The Morgan fingerprint density at radius 3 is 2.40 bits per heavy atom. The smallest absolute Gasteiger partial charge is 0.416 e. The van der Waals surface area contributed by atoms with Gasteiger partial charge in [0.2, 0.25) is 21.8 Å². The van der Waals surface area contributed by atoms with Crippen molar-refractivity contribution >= 4 is 37.5 Å². The molecule has 14 heteroatoms. The maximum atomic E-state index is 13.1. The molecular formula is C26H20F3N5O4S2. The third-order valence-corrected chi connectivity index (χ3v) is 7.48. The van der Waals surface area contributed by atoms with Gasteiger partial charge in [-0.25, -0.2) is 18.1 Å². The molecule has 0 bridgehead atoms. The van der Waals surface area contributed by atoms with Crippen LogP contribution in [0.15, 0.2) is 77.2 Å². The van der Waals surface area contributed by atoms with Gasteiger partial charge in [-0.1, -0.05) is 36.4 Å². The number of fused-ring (bicyclic) bond motifs is 1. The first-order valence-corrected chi connectivity index (χ1v) is 14.4. The minimum absolute atomic E-state index is 0.0241. The Bertz CT molecular complexity index is 1770. The molecule has 1 amide bonds. The quantitative estimate of drug-likeness (QED) is 0.264. The molecule has 40 heavy (non-hydrogen) atoms. The number of rotatable bonds is 8. The van der Waals surface area contributed by atoms with E-state index in [-0.39, 0.29) is 23.9 Å². The fourth-order valence-corrected chi connectivity index (χ4v) is 5.21. The zero-order valence-electron chi connectivity index (χ0n) is 20.6. The van der Waals surface area contributed by atoms with Gasteiger partial charge >= 0.3 is 6.18 Å². The van der Waals surface area contributed by atoms with E-state index in [1.54, 1.807) is 0 Å². The third-order valence-electron chi connectivity index (χ3n) is 5.72. The second-order valence-electron chi connectivity index (χ2n) is 8.71. The van der Waals surface area contributed by atoms with Crippen LogP contribution in [0.2, 0.25) is 0 Å². The van der Waals surface area contributed by atoms with Gasteiger partial charge in [-0.2, -0.15) is 13.2 Å². The second kappa shape index (κ2) is 10.8. The molecule has 2 aromatic heterocycles. The number of alkyl halides is 3. The third kappa shape index (κ3) is 6.35. The van der Waals surface area contributed by atoms with Crippen LogP contribution in [0.1, 0.15) is 38.8 Å². The number of benzene rings is 3. The van der Waals surface area contributed by atoms with Crippen LogP contribution in [0, 0.1) is 0 Å². The number of nitrogens with zero attached hydrogens (tertiary/aromatic N) is 3. The highest BCUT2D eigenvalue weighted by Crippen LogP contribution is 2.33. The fourth-order valence-electron chi connectivity index (χ4n) is 3.78. The lowest BCUT2D eigenvalue weighted by molar-refractivity contribution is -0.137. The summed E-state index contributed by atoms with van der Waals surface area (Å²) in [5.74, 6) is -0.827. The first-order chi connectivity index (χ1) is 19.0. The summed E-state index contributed by atoms with van der Waals surface area (Å²) < 4.78 is 70.5. The summed E-state index contributed by atoms with van der Waals surface area (Å²) in [6.07, 6.45) is -3.57. The average Bonchev–Trinajstić information content (AvgIpc) is 3.57. The molecule has 1 unspecified atom stereocenters. The van der Waals surface area contributed by atoms with Crippen LogP contribution in [0.5, 0.6) is 0 Å². The number of amides is 1. The van der Waals surface area contributed by atoms with E-state index in [4.69, 9.17) is 4.42 Å². The van der Waals surface area contributed by atoms with Crippen molar-refractivity contribution < 1.29 is 30.8 Å². The molecule has 1 atom stereocenters. The SMILES string of the molecule is CS(=O)(=O)NCc1nnc(C(NC(=O)c2ccc(C(F)(F)F)cc2)c2nc3ccc(-c4ccccc4)cc3s2)o1. The van der Waals surface area contributed by atoms with Crippen LogP contribution in [-0.2, 0) is 22.7 Å². The molecule has 0 aliphatic heterocycles. The average molecular weight is 588 g/mol. The maximum Gasteiger partial charge on any atom is 0.416 e. The number of hydrogen-bond donors (Lipinski definition) is 2. The van der Waals surface area contributed by atoms with E-state index in [2.05, 4.69) is 25.2 Å². The number of halogens is 3. The van der Waals surface area contributed by atoms with Crippen molar-refractivity contribution in [1.82, 2.24) is 25.2 Å². The van der Waals surface area contributed by atoms with Gasteiger partial charge in [0.15, 0.2) is 6.04 Å². The highest BCUT2D eigenvalue weighted by atomic mass is 32.2. The minimum Gasteiger partial charge on any atom is -0.421 e. The van der Waals surface area contributed by atoms with Gasteiger partial charge in [-0.15, -0.1) is 21.5 Å². The Hall–Kier alpha value is -4.14. The van der Waals surface area contributed by atoms with E-state index in [0.717, 1.165) is 46.3 Å². The summed E-state index contributed by atoms with van der Waals surface area (Å²) in [6, 6.07) is 18.1. The summed E-state index contributed by atoms with van der Waals surface area (Å²) in [5.41, 5.74) is 1.70. The molecule has 2 heterocycles. The number of hydrogen-bond acceptors (Lipinski definition) is 8. The van der Waals surface area contributed by atoms with Crippen molar-refractivity contribution in [2.24, 2.45) is 0 Å². The van der Waals surface area contributed by atoms with E-state index >= 15 is 0 Å². The van der Waals surface area contributed by atoms with E-state index in [0.29, 0.717) is 10.5 Å². The first kappa shape index (κ1) is 27.4. The Kier molecular flexibility index (Phi) is 7.40. The van der Waals surface area contributed by atoms with Gasteiger partial charge in [0.05, 0.1) is 28.6 Å². The van der Waals surface area contributed by atoms with Crippen molar-refractivity contribution in [3.8, 4) is 11.1 Å². The van der Waals surface area contributed by atoms with Crippen molar-refractivity contribution in [2.75, 3.05) is 6.26 Å². The molecule has 5 aromatic rings. The monoisotopic (exact) mass is 587 g/mol. The largest absolute Gasteiger partial charge is 0.421 e. The van der Waals surface area contributed by atoms with Crippen LogP contribution >= 0.6 is 11.3 Å². The lowest BCUT2D eigenvalue weighted by Gasteiger charge is -2.13. The van der Waals surface area contributed by atoms with Gasteiger partial charge in [0, 0.05) is 5.56 Å². The fraction of sp³-hybridized carbons (Fsp3) is 0.154. The summed E-state index contributed by atoms with van der Waals surface area (Å²) in [5, 5.41) is 10.9. The maximum absolute atomic E-state index is 13.1. The number of carbonyl (C=O) groups excluding carboxylic acids is 1. The molecule has 0 saturated heterocycles. The molecule has 2 N–H and O–H groups in total. The summed E-state index contributed by atoms with van der Waals surface area (Å²) in [6.45, 7) is -0.272. The van der Waals surface area contributed by atoms with Crippen LogP contribution in [0.25, 0.3) is 21.3 Å². The Morgan fingerprint density at radius 1 is 1.00 bits per heavy atom. The number of sulfonamides is 1. The highest BCUT2D eigenvalue weighted by Gasteiger charge is 2.31. The van der Waals surface area contributed by atoms with Gasteiger partial charge in [0.1, 0.15) is 5.01 Å². The molecule has 9 nitrogen and oxygen atoms in total. The van der Waals surface area contributed by atoms with E-state index < -0.39 is 33.7 Å². The Morgan fingerprint density at radius 2 is 1.73 bits per heavy atom. The Balaban J connectivity index is 1.48. The topological polar surface area (TPSA) is 127 Å². The lowest BCUT2D eigenvalue weighted by Crippen LogP contribution is -2.29. The normalized spacial score (nSPS) is 12.9. The van der Waals surface area contributed by atoms with Crippen molar-refractivity contribution in [3.63, 3.8) is 0 Å². The Labute approximate surface area is 230 Å². The lowest BCUT2D eigenvalue weighted by atomic mass is 10.1. The highest BCUT2D eigenvalue weighted by molar-refractivity contribution is 7.88. The molecule has 0 radical (unpaired) electrons. The second-order valence-corrected chi connectivity index (χ2v) is 11.6. The zero-order chi connectivity index (χ0) is 28.5. The number of nitrogens with one attached hydrogen (secondary N) is 2. The zero-order valence-corrected chi connectivity index (χ0v) is 22.3. The molecular weight excluding hydrogens is 567 g/mol. The molecule has 0 aliphatic carbocycles. The predicted octanol–water partition coefficient (Wildman–Crippen LogP) is 4.93. The molecule has 0 fully saturated rings. The summed E-state index contributed by atoms with van der Waals surface area (Å²) >= 11 is 1.27. The number of carbonyl (C=O) groups is 1. The molecule has 0 spiro atoms. The summed E-state index contributed by atoms with van der Waals surface area (Å²) in [4.78, 5) is 17.7. The van der Waals surface area contributed by atoms with E-state index in [1.807, 2.05) is 48.5 Å². The molecule has 0 saturated carbocycles. The molecule has 5 rings (SSSR count). The number of thiazole rings is 1. The van der Waals surface area contributed by atoms with Crippen LogP contribution in [0.4, 0.5) is 13.2 Å². The van der Waals surface area contributed by atoms with Crippen molar-refractivity contribution in [1.29, 1.82) is 0 Å². The molecule has 0 aliphatic rings. The van der Waals surface area contributed by atoms with Gasteiger partial charge in [-0.3, -0.25) is 4.79 Å². The predicted molar refractivity (Wildman–Crippen MR) is 142 cm³/mol. The van der Waals surface area contributed by atoms with Crippen LogP contribution < -0.4 is 10.0 Å². The standard InChI is InChI=1S/C26H20F3N5O4S2/c1-40(36,37)30-14-21-33-34-24(38-21)22(32-23(35)16-7-10-18(11-8-16)26(27,28)29)25-31-19-12-9-17(13-20(19)39-25)15-5-3-2-4-6-15/h2-13,22,30H,14H2,1H3,(H,32,35). The molecule has 206 valence electrons. The first-order valence-electron chi connectivity index (χ1n) is 11.7. The van der Waals surface area contributed by atoms with Gasteiger partial charge in [-0.05, 0) is 47.5 Å². The number of aromatic nitrogens is 3. The van der Waals surface area contributed by atoms with Gasteiger partial charge in [0.25, 0.3) is 5.91 Å². The van der Waals surface area contributed by atoms with Gasteiger partial charge < -0.3 is 9.73 Å².